The molecule has 1 aromatic rings. The summed E-state index contributed by atoms with van der Waals surface area (Å²) in [5.74, 6) is 0.467. The van der Waals surface area contributed by atoms with Gasteiger partial charge >= 0.3 is 0 Å². The second kappa shape index (κ2) is 6.25. The second-order valence-electron chi connectivity index (χ2n) is 6.00. The number of primary amides is 1. The minimum absolute atomic E-state index is 0.216. The van der Waals surface area contributed by atoms with Crippen molar-refractivity contribution in [2.24, 2.45) is 17.6 Å². The van der Waals surface area contributed by atoms with Crippen molar-refractivity contribution in [1.29, 1.82) is 0 Å². The Hall–Kier alpha value is -1.58. The Morgan fingerprint density at radius 2 is 2.00 bits per heavy atom. The van der Waals surface area contributed by atoms with Crippen molar-refractivity contribution in [3.63, 3.8) is 0 Å². The molecule has 0 aromatic heterocycles. The Balaban J connectivity index is 2.03. The number of nitrogens with two attached hydrogens (primary N) is 1. The van der Waals surface area contributed by atoms with Crippen LogP contribution in [0.5, 0.6) is 0 Å². The molecule has 1 aromatic carbocycles. The third kappa shape index (κ3) is 3.50. The van der Waals surface area contributed by atoms with Gasteiger partial charge in [0.1, 0.15) is 5.82 Å². The van der Waals surface area contributed by atoms with E-state index in [9.17, 15) is 9.18 Å². The van der Waals surface area contributed by atoms with Gasteiger partial charge in [-0.2, -0.15) is 0 Å². The molecule has 1 aliphatic carbocycles. The van der Waals surface area contributed by atoms with Crippen LogP contribution in [0.4, 0.5) is 10.1 Å². The van der Waals surface area contributed by atoms with Gasteiger partial charge < -0.3 is 11.1 Å². The molecule has 3 nitrogen and oxygen atoms in total. The molecule has 0 unspecified atom stereocenters. The number of benzene rings is 1. The fourth-order valence-corrected chi connectivity index (χ4v) is 2.79. The molecule has 3 N–H and O–H groups in total. The summed E-state index contributed by atoms with van der Waals surface area (Å²) < 4.78 is 13.8. The van der Waals surface area contributed by atoms with Crippen LogP contribution in [0.1, 0.15) is 48.5 Å². The number of anilines is 1. The quantitative estimate of drug-likeness (QED) is 0.886. The number of carbonyl (C=O) groups is 1. The number of amides is 1. The highest BCUT2D eigenvalue weighted by Crippen LogP contribution is 2.29. The number of hydrogen-bond donors (Lipinski definition) is 2. The van der Waals surface area contributed by atoms with Crippen molar-refractivity contribution in [1.82, 2.24) is 0 Å². The molecule has 0 heterocycles. The van der Waals surface area contributed by atoms with E-state index in [0.29, 0.717) is 17.2 Å². The van der Waals surface area contributed by atoms with Crippen LogP contribution in [0.3, 0.4) is 0 Å². The normalized spacial score (nSPS) is 22.6. The first-order valence-corrected chi connectivity index (χ1v) is 7.31. The van der Waals surface area contributed by atoms with Crippen molar-refractivity contribution in [2.75, 3.05) is 11.9 Å². The van der Waals surface area contributed by atoms with Crippen LogP contribution < -0.4 is 11.1 Å². The van der Waals surface area contributed by atoms with Crippen molar-refractivity contribution < 1.29 is 9.18 Å². The molecule has 0 aliphatic heterocycles. The van der Waals surface area contributed by atoms with E-state index < -0.39 is 5.91 Å². The van der Waals surface area contributed by atoms with Gasteiger partial charge in [0.05, 0.1) is 0 Å². The van der Waals surface area contributed by atoms with Crippen LogP contribution in [0.15, 0.2) is 12.1 Å². The van der Waals surface area contributed by atoms with E-state index in [0.717, 1.165) is 12.5 Å². The molecule has 0 saturated heterocycles. The van der Waals surface area contributed by atoms with Crippen LogP contribution >= 0.6 is 0 Å². The second-order valence-corrected chi connectivity index (χ2v) is 6.00. The highest BCUT2D eigenvalue weighted by molar-refractivity contribution is 5.94. The molecule has 4 heteroatoms. The molecule has 0 radical (unpaired) electrons. The van der Waals surface area contributed by atoms with Crippen LogP contribution in [-0.2, 0) is 0 Å². The first-order chi connectivity index (χ1) is 9.47. The summed E-state index contributed by atoms with van der Waals surface area (Å²) in [6.45, 7) is 4.83. The summed E-state index contributed by atoms with van der Waals surface area (Å²) in [6, 6.07) is 2.84. The van der Waals surface area contributed by atoms with Gasteiger partial charge in [-0.3, -0.25) is 4.79 Å². The van der Waals surface area contributed by atoms with Gasteiger partial charge in [0.25, 0.3) is 0 Å². The number of halogens is 1. The standard InChI is InChI=1S/C16H23FN2O/c1-10-3-5-12(6-4-10)9-19-15-8-13(16(18)20)7-14(17)11(15)2/h7-8,10,12,19H,3-6,9H2,1-2H3,(H2,18,20). The van der Waals surface area contributed by atoms with Gasteiger partial charge in [-0.15, -0.1) is 0 Å². The average Bonchev–Trinajstić information content (AvgIpc) is 2.42. The van der Waals surface area contributed by atoms with Crippen LogP contribution in [0.25, 0.3) is 0 Å². The average molecular weight is 278 g/mol. The molecular weight excluding hydrogens is 255 g/mol. The molecule has 0 bridgehead atoms. The van der Waals surface area contributed by atoms with Crippen molar-refractivity contribution in [3.8, 4) is 0 Å². The van der Waals surface area contributed by atoms with Gasteiger partial charge in [0, 0.05) is 23.4 Å². The van der Waals surface area contributed by atoms with E-state index in [2.05, 4.69) is 12.2 Å². The van der Waals surface area contributed by atoms with E-state index in [-0.39, 0.29) is 11.4 Å². The molecule has 1 fully saturated rings. The Morgan fingerprint density at radius 1 is 1.35 bits per heavy atom. The van der Waals surface area contributed by atoms with E-state index in [1.807, 2.05) is 0 Å². The Kier molecular flexibility index (Phi) is 4.63. The summed E-state index contributed by atoms with van der Waals surface area (Å²) in [4.78, 5) is 11.2. The smallest absolute Gasteiger partial charge is 0.248 e. The minimum atomic E-state index is -0.599. The van der Waals surface area contributed by atoms with Crippen LogP contribution in [-0.4, -0.2) is 12.5 Å². The monoisotopic (exact) mass is 278 g/mol. The molecule has 20 heavy (non-hydrogen) atoms. The van der Waals surface area contributed by atoms with Gasteiger partial charge in [0.15, 0.2) is 0 Å². The van der Waals surface area contributed by atoms with E-state index >= 15 is 0 Å². The van der Waals surface area contributed by atoms with Gasteiger partial charge in [-0.25, -0.2) is 4.39 Å². The van der Waals surface area contributed by atoms with Crippen molar-refractivity contribution in [3.05, 3.63) is 29.1 Å². The number of rotatable bonds is 4. The Morgan fingerprint density at radius 3 is 2.60 bits per heavy atom. The maximum Gasteiger partial charge on any atom is 0.248 e. The predicted octanol–water partition coefficient (Wildman–Crippen LogP) is 3.47. The molecular formula is C16H23FN2O. The molecule has 1 aliphatic rings. The third-order valence-electron chi connectivity index (χ3n) is 4.35. The molecule has 1 amide bonds. The number of nitrogens with one attached hydrogen (secondary N) is 1. The molecule has 1 saturated carbocycles. The van der Waals surface area contributed by atoms with Crippen LogP contribution in [0.2, 0.25) is 0 Å². The fraction of sp³-hybridized carbons (Fsp3) is 0.562. The van der Waals surface area contributed by atoms with Crippen LogP contribution in [0, 0.1) is 24.6 Å². The summed E-state index contributed by atoms with van der Waals surface area (Å²) in [5.41, 5.74) is 6.66. The fourth-order valence-electron chi connectivity index (χ4n) is 2.79. The summed E-state index contributed by atoms with van der Waals surface area (Å²) in [7, 11) is 0. The zero-order valence-electron chi connectivity index (χ0n) is 12.2. The molecule has 110 valence electrons. The van der Waals surface area contributed by atoms with Gasteiger partial charge in [0.2, 0.25) is 5.91 Å². The van der Waals surface area contributed by atoms with E-state index in [4.69, 9.17) is 5.73 Å². The maximum absolute atomic E-state index is 13.8. The Bertz CT molecular complexity index is 493. The highest BCUT2D eigenvalue weighted by Gasteiger charge is 2.18. The molecule has 0 spiro atoms. The summed E-state index contributed by atoms with van der Waals surface area (Å²) in [6.07, 6.45) is 4.96. The van der Waals surface area contributed by atoms with E-state index in [1.54, 1.807) is 13.0 Å². The zero-order valence-corrected chi connectivity index (χ0v) is 12.2. The van der Waals surface area contributed by atoms with Crippen molar-refractivity contribution in [2.45, 2.75) is 39.5 Å². The largest absolute Gasteiger partial charge is 0.384 e. The summed E-state index contributed by atoms with van der Waals surface area (Å²) in [5, 5.41) is 3.29. The van der Waals surface area contributed by atoms with Crippen molar-refractivity contribution >= 4 is 11.6 Å². The minimum Gasteiger partial charge on any atom is -0.384 e. The number of hydrogen-bond acceptors (Lipinski definition) is 2. The predicted molar refractivity (Wildman–Crippen MR) is 79.3 cm³/mol. The molecule has 2 rings (SSSR count). The zero-order chi connectivity index (χ0) is 14.7. The lowest BCUT2D eigenvalue weighted by atomic mass is 9.83. The first kappa shape index (κ1) is 14.8. The Labute approximate surface area is 119 Å². The first-order valence-electron chi connectivity index (χ1n) is 7.31. The topological polar surface area (TPSA) is 55.1 Å². The lowest BCUT2D eigenvalue weighted by molar-refractivity contribution is 0.1000. The SMILES string of the molecule is Cc1c(F)cc(C(N)=O)cc1NCC1CCC(C)CC1. The van der Waals surface area contributed by atoms with E-state index in [1.165, 1.54) is 31.7 Å². The lowest BCUT2D eigenvalue weighted by Gasteiger charge is -2.27. The third-order valence-corrected chi connectivity index (χ3v) is 4.35. The lowest BCUT2D eigenvalue weighted by Crippen LogP contribution is -2.21. The maximum atomic E-state index is 13.8. The highest BCUT2D eigenvalue weighted by atomic mass is 19.1. The van der Waals surface area contributed by atoms with Gasteiger partial charge in [-0.05, 0) is 43.7 Å². The summed E-state index contributed by atoms with van der Waals surface area (Å²) >= 11 is 0. The van der Waals surface area contributed by atoms with Gasteiger partial charge in [-0.1, -0.05) is 19.8 Å². The molecule has 0 atom stereocenters. The number of carbonyl (C=O) groups excluding carboxylic acids is 1.